The lowest BCUT2D eigenvalue weighted by Crippen LogP contribution is -2.23. The van der Waals surface area contributed by atoms with Crippen LogP contribution in [0.15, 0.2) is 65.9 Å². The molecular formula is C22H25N5. The van der Waals surface area contributed by atoms with Gasteiger partial charge >= 0.3 is 0 Å². The Bertz CT molecular complexity index is 927. The third kappa shape index (κ3) is 4.37. The van der Waals surface area contributed by atoms with Crippen LogP contribution < -0.4 is 11.1 Å². The Labute approximate surface area is 160 Å². The van der Waals surface area contributed by atoms with Crippen LogP contribution in [0.3, 0.4) is 0 Å². The minimum absolute atomic E-state index is 0.422. The zero-order chi connectivity index (χ0) is 18.5. The van der Waals surface area contributed by atoms with Crippen LogP contribution in [-0.4, -0.2) is 15.5 Å². The molecule has 0 spiro atoms. The molecule has 0 radical (unpaired) electrons. The van der Waals surface area contributed by atoms with Crippen molar-refractivity contribution >= 4 is 11.6 Å². The average molecular weight is 359 g/mol. The Morgan fingerprint density at radius 3 is 2.85 bits per heavy atom. The molecule has 5 nitrogen and oxygen atoms in total. The summed E-state index contributed by atoms with van der Waals surface area (Å²) in [5, 5.41) is 3.20. The van der Waals surface area contributed by atoms with Crippen LogP contribution in [0.2, 0.25) is 0 Å². The number of benzene rings is 2. The SMILES string of the molecule is NC(=NCc1nccn1CCc1ccccc1)Nc1ccc2c(c1)CCC2. The van der Waals surface area contributed by atoms with Gasteiger partial charge in [0.15, 0.2) is 5.96 Å². The molecule has 2 aromatic carbocycles. The number of aliphatic imine (C=N–C) groups is 1. The van der Waals surface area contributed by atoms with Gasteiger partial charge < -0.3 is 15.6 Å². The maximum absolute atomic E-state index is 6.08. The van der Waals surface area contributed by atoms with E-state index < -0.39 is 0 Å². The highest BCUT2D eigenvalue weighted by atomic mass is 15.1. The third-order valence-electron chi connectivity index (χ3n) is 5.05. The molecule has 0 atom stereocenters. The van der Waals surface area contributed by atoms with Gasteiger partial charge in [-0.3, -0.25) is 0 Å². The van der Waals surface area contributed by atoms with Gasteiger partial charge in [0, 0.05) is 24.6 Å². The van der Waals surface area contributed by atoms with Gasteiger partial charge in [0.05, 0.1) is 0 Å². The number of anilines is 1. The molecule has 27 heavy (non-hydrogen) atoms. The highest BCUT2D eigenvalue weighted by molar-refractivity contribution is 5.92. The number of nitrogens with zero attached hydrogens (tertiary/aromatic N) is 3. The second kappa shape index (κ2) is 8.08. The van der Waals surface area contributed by atoms with Crippen molar-refractivity contribution in [2.24, 2.45) is 10.7 Å². The summed E-state index contributed by atoms with van der Waals surface area (Å²) < 4.78 is 2.14. The number of fused-ring (bicyclic) bond motifs is 1. The Balaban J connectivity index is 1.36. The molecule has 138 valence electrons. The standard InChI is InChI=1S/C22H25N5/c23-22(26-20-10-9-18-7-4-8-19(18)15-20)25-16-21-24-12-14-27(21)13-11-17-5-2-1-3-6-17/h1-3,5-6,9-10,12,14-15H,4,7-8,11,13,16H2,(H3,23,25,26). The van der Waals surface area contributed by atoms with Gasteiger partial charge in [-0.15, -0.1) is 0 Å². The van der Waals surface area contributed by atoms with Crippen molar-refractivity contribution in [3.05, 3.63) is 83.4 Å². The van der Waals surface area contributed by atoms with Crippen LogP contribution in [0, 0.1) is 0 Å². The van der Waals surface area contributed by atoms with E-state index >= 15 is 0 Å². The molecule has 0 saturated carbocycles. The molecule has 0 saturated heterocycles. The third-order valence-corrected chi connectivity index (χ3v) is 5.05. The summed E-state index contributed by atoms with van der Waals surface area (Å²) in [6, 6.07) is 16.9. The normalized spacial score (nSPS) is 13.6. The van der Waals surface area contributed by atoms with Crippen molar-refractivity contribution in [2.45, 2.75) is 38.8 Å². The molecule has 0 unspecified atom stereocenters. The highest BCUT2D eigenvalue weighted by Gasteiger charge is 2.11. The summed E-state index contributed by atoms with van der Waals surface area (Å²) >= 11 is 0. The van der Waals surface area contributed by atoms with Gasteiger partial charge in [0.1, 0.15) is 12.4 Å². The lowest BCUT2D eigenvalue weighted by Gasteiger charge is -2.09. The molecular weight excluding hydrogens is 334 g/mol. The Morgan fingerprint density at radius 2 is 1.96 bits per heavy atom. The molecule has 1 aromatic heterocycles. The fourth-order valence-corrected chi connectivity index (χ4v) is 3.58. The summed E-state index contributed by atoms with van der Waals surface area (Å²) in [4.78, 5) is 8.90. The molecule has 1 aliphatic carbocycles. The first kappa shape index (κ1) is 17.3. The van der Waals surface area contributed by atoms with Crippen LogP contribution in [0.1, 0.15) is 28.9 Å². The molecule has 3 N–H and O–H groups in total. The number of hydrogen-bond donors (Lipinski definition) is 2. The van der Waals surface area contributed by atoms with E-state index in [9.17, 15) is 0 Å². The van der Waals surface area contributed by atoms with Gasteiger partial charge in [-0.1, -0.05) is 36.4 Å². The molecule has 0 amide bonds. The van der Waals surface area contributed by atoms with E-state index in [1.165, 1.54) is 29.5 Å². The molecule has 1 aliphatic rings. The van der Waals surface area contributed by atoms with Crippen molar-refractivity contribution in [1.82, 2.24) is 9.55 Å². The predicted molar refractivity (Wildman–Crippen MR) is 110 cm³/mol. The topological polar surface area (TPSA) is 68.2 Å². The number of hydrogen-bond acceptors (Lipinski definition) is 2. The predicted octanol–water partition coefficient (Wildman–Crippen LogP) is 3.54. The van der Waals surface area contributed by atoms with E-state index in [1.54, 1.807) is 0 Å². The lowest BCUT2D eigenvalue weighted by molar-refractivity contribution is 0.652. The van der Waals surface area contributed by atoms with Gasteiger partial charge in [-0.2, -0.15) is 0 Å². The fraction of sp³-hybridized carbons (Fsp3) is 0.273. The second-order valence-corrected chi connectivity index (χ2v) is 6.94. The van der Waals surface area contributed by atoms with E-state index in [0.717, 1.165) is 30.9 Å². The van der Waals surface area contributed by atoms with Gasteiger partial charge in [0.25, 0.3) is 0 Å². The lowest BCUT2D eigenvalue weighted by atomic mass is 10.1. The molecule has 0 fully saturated rings. The number of aryl methyl sites for hydroxylation is 4. The van der Waals surface area contributed by atoms with Crippen molar-refractivity contribution in [3.63, 3.8) is 0 Å². The highest BCUT2D eigenvalue weighted by Crippen LogP contribution is 2.24. The van der Waals surface area contributed by atoms with E-state index in [0.29, 0.717) is 12.5 Å². The van der Waals surface area contributed by atoms with Crippen LogP contribution in [0.5, 0.6) is 0 Å². The quantitative estimate of drug-likeness (QED) is 0.522. The summed E-state index contributed by atoms with van der Waals surface area (Å²) in [6.45, 7) is 1.35. The van der Waals surface area contributed by atoms with Crippen LogP contribution in [0.25, 0.3) is 0 Å². The van der Waals surface area contributed by atoms with Gasteiger partial charge in [-0.25, -0.2) is 9.98 Å². The van der Waals surface area contributed by atoms with E-state index in [4.69, 9.17) is 5.73 Å². The number of guanidine groups is 1. The first-order valence-electron chi connectivity index (χ1n) is 9.50. The smallest absolute Gasteiger partial charge is 0.193 e. The summed E-state index contributed by atoms with van der Waals surface area (Å²) in [7, 11) is 0. The largest absolute Gasteiger partial charge is 0.370 e. The number of aromatic nitrogens is 2. The monoisotopic (exact) mass is 359 g/mol. The van der Waals surface area contributed by atoms with Gasteiger partial charge in [-0.05, 0) is 54.5 Å². The Hall–Kier alpha value is -3.08. The number of imidazole rings is 1. The van der Waals surface area contributed by atoms with Crippen LogP contribution in [-0.2, 0) is 32.4 Å². The molecule has 1 heterocycles. The molecule has 4 rings (SSSR count). The Kier molecular flexibility index (Phi) is 5.19. The maximum atomic E-state index is 6.08. The van der Waals surface area contributed by atoms with Crippen molar-refractivity contribution < 1.29 is 0 Å². The molecule has 0 aliphatic heterocycles. The molecule has 0 bridgehead atoms. The zero-order valence-electron chi connectivity index (χ0n) is 15.4. The maximum Gasteiger partial charge on any atom is 0.193 e. The zero-order valence-corrected chi connectivity index (χ0v) is 15.4. The number of nitrogens with one attached hydrogen (secondary N) is 1. The average Bonchev–Trinajstić information content (AvgIpc) is 3.34. The first-order valence-corrected chi connectivity index (χ1v) is 9.50. The van der Waals surface area contributed by atoms with E-state index in [2.05, 4.69) is 62.3 Å². The first-order chi connectivity index (χ1) is 13.3. The summed E-state index contributed by atoms with van der Waals surface area (Å²) in [5.74, 6) is 1.34. The van der Waals surface area contributed by atoms with E-state index in [-0.39, 0.29) is 0 Å². The summed E-state index contributed by atoms with van der Waals surface area (Å²) in [6.07, 6.45) is 8.37. The second-order valence-electron chi connectivity index (χ2n) is 6.94. The van der Waals surface area contributed by atoms with Crippen molar-refractivity contribution in [1.29, 1.82) is 0 Å². The minimum Gasteiger partial charge on any atom is -0.370 e. The Morgan fingerprint density at radius 1 is 1.11 bits per heavy atom. The number of rotatable bonds is 6. The van der Waals surface area contributed by atoms with Crippen molar-refractivity contribution in [2.75, 3.05) is 5.32 Å². The van der Waals surface area contributed by atoms with E-state index in [1.807, 2.05) is 18.5 Å². The number of nitrogens with two attached hydrogens (primary N) is 1. The van der Waals surface area contributed by atoms with Gasteiger partial charge in [0.2, 0.25) is 0 Å². The minimum atomic E-state index is 0.422. The molecule has 5 heteroatoms. The molecule has 3 aromatic rings. The fourth-order valence-electron chi connectivity index (χ4n) is 3.58. The summed E-state index contributed by atoms with van der Waals surface area (Å²) in [5.41, 5.74) is 11.3. The van der Waals surface area contributed by atoms with Crippen LogP contribution >= 0.6 is 0 Å². The van der Waals surface area contributed by atoms with Crippen LogP contribution in [0.4, 0.5) is 5.69 Å². The van der Waals surface area contributed by atoms with Crippen molar-refractivity contribution in [3.8, 4) is 0 Å².